The summed E-state index contributed by atoms with van der Waals surface area (Å²) < 4.78 is 0. The average molecular weight is 230 g/mol. The molecule has 2 rings (SSSR count). The number of nitrogens with two attached hydrogens (primary N) is 1. The second kappa shape index (κ2) is 5.99. The van der Waals surface area contributed by atoms with Gasteiger partial charge in [-0.25, -0.2) is 0 Å². The van der Waals surface area contributed by atoms with Crippen LogP contribution in [0, 0.1) is 0 Å². The van der Waals surface area contributed by atoms with Gasteiger partial charge in [0.25, 0.3) is 0 Å². The van der Waals surface area contributed by atoms with Gasteiger partial charge in [0, 0.05) is 12.0 Å². The Morgan fingerprint density at radius 2 is 2.29 bits per heavy atom. The van der Waals surface area contributed by atoms with E-state index in [1.54, 1.807) is 0 Å². The summed E-state index contributed by atoms with van der Waals surface area (Å²) in [5.74, 6) is 6.30. The van der Waals surface area contributed by atoms with E-state index in [0.717, 1.165) is 19.3 Å². The van der Waals surface area contributed by atoms with Gasteiger partial charge >= 0.3 is 0 Å². The third kappa shape index (κ3) is 2.76. The number of nitrogens with one attached hydrogen (secondary N) is 1. The molecule has 0 saturated heterocycles. The maximum atomic E-state index is 5.72. The molecule has 0 bridgehead atoms. The number of unbranched alkanes of at least 4 members (excludes halogenated alkanes) is 1. The monoisotopic (exact) mass is 230 g/mol. The topological polar surface area (TPSA) is 38.0 Å². The van der Waals surface area contributed by atoms with E-state index in [-0.39, 0.29) is 0 Å². The summed E-state index contributed by atoms with van der Waals surface area (Å²) in [5.41, 5.74) is 6.01. The molecule has 2 heteroatoms. The van der Waals surface area contributed by atoms with Crippen LogP contribution in [0.15, 0.2) is 36.9 Å². The van der Waals surface area contributed by atoms with Crippen molar-refractivity contribution in [3.05, 3.63) is 48.0 Å². The number of allylic oxidation sites excluding steroid dienone is 1. The van der Waals surface area contributed by atoms with Crippen LogP contribution in [0.4, 0.5) is 0 Å². The van der Waals surface area contributed by atoms with E-state index in [2.05, 4.69) is 36.3 Å². The lowest BCUT2D eigenvalue weighted by Crippen LogP contribution is -2.39. The lowest BCUT2D eigenvalue weighted by molar-refractivity contribution is 0.404. The predicted octanol–water partition coefficient (Wildman–Crippen LogP) is 2.90. The zero-order valence-corrected chi connectivity index (χ0v) is 10.4. The smallest absolute Gasteiger partial charge is 0.0279 e. The van der Waals surface area contributed by atoms with E-state index in [4.69, 9.17) is 5.84 Å². The molecule has 1 aromatic carbocycles. The Morgan fingerprint density at radius 1 is 1.47 bits per heavy atom. The minimum atomic E-state index is 0.401. The van der Waals surface area contributed by atoms with Crippen molar-refractivity contribution in [1.82, 2.24) is 5.43 Å². The third-order valence-electron chi connectivity index (χ3n) is 3.80. The zero-order chi connectivity index (χ0) is 12.1. The van der Waals surface area contributed by atoms with Gasteiger partial charge in [-0.05, 0) is 43.2 Å². The SMILES string of the molecule is C=CCCCC(NN)C1CCc2ccccc21. The molecule has 2 atom stereocenters. The molecule has 0 saturated carbocycles. The van der Waals surface area contributed by atoms with Crippen LogP contribution in [-0.4, -0.2) is 6.04 Å². The summed E-state index contributed by atoms with van der Waals surface area (Å²) in [7, 11) is 0. The highest BCUT2D eigenvalue weighted by molar-refractivity contribution is 5.35. The molecule has 0 spiro atoms. The number of hydrogen-bond donors (Lipinski definition) is 2. The Hall–Kier alpha value is -1.12. The predicted molar refractivity (Wildman–Crippen MR) is 72.7 cm³/mol. The van der Waals surface area contributed by atoms with Crippen LogP contribution in [0.3, 0.4) is 0 Å². The van der Waals surface area contributed by atoms with Gasteiger partial charge in [0.1, 0.15) is 0 Å². The Balaban J connectivity index is 2.03. The van der Waals surface area contributed by atoms with Crippen LogP contribution in [0.2, 0.25) is 0 Å². The molecule has 92 valence electrons. The number of fused-ring (bicyclic) bond motifs is 1. The first kappa shape index (κ1) is 12.3. The third-order valence-corrected chi connectivity index (χ3v) is 3.80. The summed E-state index contributed by atoms with van der Waals surface area (Å²) in [4.78, 5) is 0. The maximum Gasteiger partial charge on any atom is 0.0279 e. The van der Waals surface area contributed by atoms with E-state index in [9.17, 15) is 0 Å². The fourth-order valence-corrected chi connectivity index (χ4v) is 2.89. The molecule has 1 aromatic rings. The molecule has 0 fully saturated rings. The minimum Gasteiger partial charge on any atom is -0.271 e. The first-order valence-electron chi connectivity index (χ1n) is 6.51. The zero-order valence-electron chi connectivity index (χ0n) is 10.4. The van der Waals surface area contributed by atoms with Gasteiger partial charge in [-0.3, -0.25) is 11.3 Å². The summed E-state index contributed by atoms with van der Waals surface area (Å²) >= 11 is 0. The van der Waals surface area contributed by atoms with Crippen LogP contribution >= 0.6 is 0 Å². The summed E-state index contributed by atoms with van der Waals surface area (Å²) in [6.45, 7) is 3.77. The van der Waals surface area contributed by atoms with Gasteiger partial charge in [-0.1, -0.05) is 30.3 Å². The second-order valence-electron chi connectivity index (χ2n) is 4.84. The number of hydrogen-bond acceptors (Lipinski definition) is 2. The van der Waals surface area contributed by atoms with Crippen molar-refractivity contribution in [3.8, 4) is 0 Å². The van der Waals surface area contributed by atoms with Crippen molar-refractivity contribution in [1.29, 1.82) is 0 Å². The lowest BCUT2D eigenvalue weighted by atomic mass is 9.90. The largest absolute Gasteiger partial charge is 0.271 e. The van der Waals surface area contributed by atoms with Crippen LogP contribution in [0.25, 0.3) is 0 Å². The Morgan fingerprint density at radius 3 is 3.06 bits per heavy atom. The number of rotatable bonds is 6. The van der Waals surface area contributed by atoms with Crippen LogP contribution in [0.1, 0.15) is 42.7 Å². The molecule has 17 heavy (non-hydrogen) atoms. The van der Waals surface area contributed by atoms with Crippen molar-refractivity contribution < 1.29 is 0 Å². The van der Waals surface area contributed by atoms with Crippen molar-refractivity contribution in [2.45, 2.75) is 44.1 Å². The van der Waals surface area contributed by atoms with Gasteiger partial charge in [-0.2, -0.15) is 0 Å². The molecular weight excluding hydrogens is 208 g/mol. The Bertz CT molecular complexity index is 373. The van der Waals surface area contributed by atoms with E-state index >= 15 is 0 Å². The number of benzene rings is 1. The summed E-state index contributed by atoms with van der Waals surface area (Å²) in [5, 5.41) is 0. The van der Waals surface area contributed by atoms with E-state index < -0.39 is 0 Å². The van der Waals surface area contributed by atoms with Gasteiger partial charge in [-0.15, -0.1) is 6.58 Å². The molecule has 2 nitrogen and oxygen atoms in total. The van der Waals surface area contributed by atoms with Crippen LogP contribution < -0.4 is 11.3 Å². The molecule has 1 aliphatic carbocycles. The highest BCUT2D eigenvalue weighted by Crippen LogP contribution is 2.36. The quantitative estimate of drug-likeness (QED) is 0.341. The second-order valence-corrected chi connectivity index (χ2v) is 4.84. The summed E-state index contributed by atoms with van der Waals surface area (Å²) in [6, 6.07) is 9.16. The van der Waals surface area contributed by atoms with Crippen molar-refractivity contribution in [2.75, 3.05) is 0 Å². The molecule has 0 aliphatic heterocycles. The molecule has 0 amide bonds. The van der Waals surface area contributed by atoms with Gasteiger partial charge in [0.2, 0.25) is 0 Å². The number of hydrazine groups is 1. The fourth-order valence-electron chi connectivity index (χ4n) is 2.89. The fraction of sp³-hybridized carbons (Fsp3) is 0.467. The minimum absolute atomic E-state index is 0.401. The highest BCUT2D eigenvalue weighted by Gasteiger charge is 2.28. The Labute approximate surface area is 104 Å². The van der Waals surface area contributed by atoms with E-state index in [1.165, 1.54) is 24.0 Å². The Kier molecular flexibility index (Phi) is 4.35. The van der Waals surface area contributed by atoms with Crippen molar-refractivity contribution in [2.24, 2.45) is 5.84 Å². The molecule has 0 aromatic heterocycles. The van der Waals surface area contributed by atoms with E-state index in [0.29, 0.717) is 12.0 Å². The normalized spacial score (nSPS) is 19.9. The molecule has 0 radical (unpaired) electrons. The molecule has 1 aliphatic rings. The molecular formula is C15H22N2. The number of aryl methyl sites for hydroxylation is 1. The first-order chi connectivity index (χ1) is 8.36. The first-order valence-corrected chi connectivity index (χ1v) is 6.51. The summed E-state index contributed by atoms with van der Waals surface area (Å²) in [6.07, 6.45) is 7.77. The maximum absolute atomic E-state index is 5.72. The molecule has 3 N–H and O–H groups in total. The van der Waals surface area contributed by atoms with E-state index in [1.807, 2.05) is 6.08 Å². The molecule has 0 heterocycles. The highest BCUT2D eigenvalue weighted by atomic mass is 15.2. The van der Waals surface area contributed by atoms with Gasteiger partial charge < -0.3 is 0 Å². The van der Waals surface area contributed by atoms with Crippen LogP contribution in [0.5, 0.6) is 0 Å². The van der Waals surface area contributed by atoms with Gasteiger partial charge in [0.05, 0.1) is 0 Å². The average Bonchev–Trinajstić information content (AvgIpc) is 2.79. The lowest BCUT2D eigenvalue weighted by Gasteiger charge is -2.23. The van der Waals surface area contributed by atoms with Crippen molar-refractivity contribution >= 4 is 0 Å². The van der Waals surface area contributed by atoms with Crippen molar-refractivity contribution in [3.63, 3.8) is 0 Å². The standard InChI is InChI=1S/C15H22N2/c1-2-3-4-9-15(17-16)14-11-10-12-7-5-6-8-13(12)14/h2,5-8,14-15,17H,1,3-4,9-11,16H2. The molecule has 2 unspecified atom stereocenters. The van der Waals surface area contributed by atoms with Gasteiger partial charge in [0.15, 0.2) is 0 Å². The van der Waals surface area contributed by atoms with Crippen LogP contribution in [-0.2, 0) is 6.42 Å².